The smallest absolute Gasteiger partial charge is 0.137 e. The zero-order valence-corrected chi connectivity index (χ0v) is 30.1. The Kier molecular flexibility index (Phi) is 5.81. The quantitative estimate of drug-likeness (QED) is 0.184. The van der Waals surface area contributed by atoms with Crippen LogP contribution in [0.1, 0.15) is 47.2 Å². The molecule has 0 aliphatic heterocycles. The lowest BCUT2D eigenvalue weighted by Crippen LogP contribution is -2.28. The lowest BCUT2D eigenvalue weighted by Gasteiger charge is -2.36. The van der Waals surface area contributed by atoms with E-state index in [9.17, 15) is 0 Å². The maximum atomic E-state index is 6.57. The van der Waals surface area contributed by atoms with Gasteiger partial charge in [-0.2, -0.15) is 0 Å². The molecule has 0 amide bonds. The second-order valence-electron chi connectivity index (χ2n) is 15.6. The second-order valence-corrected chi connectivity index (χ2v) is 15.6. The summed E-state index contributed by atoms with van der Waals surface area (Å²) in [6, 6.07) is 65.2. The van der Waals surface area contributed by atoms with Crippen LogP contribution in [0.3, 0.4) is 0 Å². The first-order valence-corrected chi connectivity index (χ1v) is 18.9. The summed E-state index contributed by atoms with van der Waals surface area (Å²) < 4.78 is 6.57. The van der Waals surface area contributed by atoms with Crippen LogP contribution in [-0.4, -0.2) is 0 Å². The highest BCUT2D eigenvalue weighted by Crippen LogP contribution is 2.65. The van der Waals surface area contributed by atoms with E-state index in [1.807, 2.05) is 0 Å². The SMILES string of the molecule is CC1(C)c2ccccc2-c2ccc(N(c3cccc4c3C3(c5ccccc5-c5ccccc53)c3ccccc3-4)c3cccc4oc5ccccc5c34)cc21. The maximum Gasteiger partial charge on any atom is 0.137 e. The number of para-hydroxylation sites is 1. The van der Waals surface area contributed by atoms with Crippen molar-refractivity contribution in [3.05, 3.63) is 209 Å². The van der Waals surface area contributed by atoms with E-state index >= 15 is 0 Å². The third-order valence-corrected chi connectivity index (χ3v) is 12.7. The number of rotatable bonds is 3. The van der Waals surface area contributed by atoms with Crippen LogP contribution in [0.2, 0.25) is 0 Å². The van der Waals surface area contributed by atoms with Crippen LogP contribution in [0.4, 0.5) is 17.1 Å². The topological polar surface area (TPSA) is 16.4 Å². The number of fused-ring (bicyclic) bond motifs is 16. The van der Waals surface area contributed by atoms with Gasteiger partial charge in [-0.15, -0.1) is 0 Å². The second kappa shape index (κ2) is 10.5. The van der Waals surface area contributed by atoms with Crippen molar-refractivity contribution in [2.45, 2.75) is 24.7 Å². The molecule has 2 heteroatoms. The van der Waals surface area contributed by atoms with Crippen molar-refractivity contribution >= 4 is 39.0 Å². The third kappa shape index (κ3) is 3.60. The number of furan rings is 1. The first-order valence-electron chi connectivity index (χ1n) is 18.9. The Balaban J connectivity index is 1.22. The summed E-state index contributed by atoms with van der Waals surface area (Å²) in [6.07, 6.45) is 0. The van der Waals surface area contributed by atoms with Gasteiger partial charge in [0.1, 0.15) is 11.2 Å². The Morgan fingerprint density at radius 1 is 0.407 bits per heavy atom. The summed E-state index contributed by atoms with van der Waals surface area (Å²) >= 11 is 0. The Labute approximate surface area is 314 Å². The predicted molar refractivity (Wildman–Crippen MR) is 222 cm³/mol. The average molecular weight is 690 g/mol. The Hall–Kier alpha value is -6.64. The molecule has 0 saturated heterocycles. The molecule has 12 rings (SSSR count). The fraction of sp³-hybridized carbons (Fsp3) is 0.0769. The van der Waals surface area contributed by atoms with Crippen molar-refractivity contribution in [1.82, 2.24) is 0 Å². The van der Waals surface area contributed by atoms with Gasteiger partial charge in [0.05, 0.1) is 22.2 Å². The number of benzene rings is 8. The van der Waals surface area contributed by atoms with Crippen molar-refractivity contribution in [2.24, 2.45) is 0 Å². The van der Waals surface area contributed by atoms with Gasteiger partial charge < -0.3 is 9.32 Å². The van der Waals surface area contributed by atoms with Crippen LogP contribution in [0, 0.1) is 0 Å². The van der Waals surface area contributed by atoms with Crippen molar-refractivity contribution in [1.29, 1.82) is 0 Å². The molecular formula is C52H35NO. The van der Waals surface area contributed by atoms with E-state index in [0.29, 0.717) is 0 Å². The molecule has 8 aromatic carbocycles. The third-order valence-electron chi connectivity index (χ3n) is 12.7. The molecular weight excluding hydrogens is 655 g/mol. The maximum absolute atomic E-state index is 6.57. The predicted octanol–water partition coefficient (Wildman–Crippen LogP) is 13.7. The van der Waals surface area contributed by atoms with Crippen LogP contribution in [0.15, 0.2) is 180 Å². The Bertz CT molecular complexity index is 2990. The Morgan fingerprint density at radius 3 is 1.61 bits per heavy atom. The van der Waals surface area contributed by atoms with Gasteiger partial charge in [0.25, 0.3) is 0 Å². The van der Waals surface area contributed by atoms with Crippen molar-refractivity contribution < 1.29 is 4.42 Å². The van der Waals surface area contributed by atoms with Gasteiger partial charge in [-0.3, -0.25) is 0 Å². The van der Waals surface area contributed by atoms with Crippen molar-refractivity contribution in [3.63, 3.8) is 0 Å². The fourth-order valence-electron chi connectivity index (χ4n) is 10.5. The first-order chi connectivity index (χ1) is 26.6. The molecule has 1 aromatic heterocycles. The highest BCUT2D eigenvalue weighted by atomic mass is 16.3. The molecule has 0 bridgehead atoms. The highest BCUT2D eigenvalue weighted by molar-refractivity contribution is 6.14. The molecule has 0 saturated carbocycles. The van der Waals surface area contributed by atoms with Gasteiger partial charge >= 0.3 is 0 Å². The normalized spacial score (nSPS) is 14.8. The molecule has 2 nitrogen and oxygen atoms in total. The number of hydrogen-bond acceptors (Lipinski definition) is 2. The van der Waals surface area contributed by atoms with Gasteiger partial charge in [0.2, 0.25) is 0 Å². The summed E-state index contributed by atoms with van der Waals surface area (Å²) in [5.74, 6) is 0. The van der Waals surface area contributed by atoms with Gasteiger partial charge in [-0.25, -0.2) is 0 Å². The highest BCUT2D eigenvalue weighted by Gasteiger charge is 2.53. The minimum Gasteiger partial charge on any atom is -0.456 e. The number of hydrogen-bond donors (Lipinski definition) is 0. The molecule has 1 spiro atoms. The molecule has 1 heterocycles. The van der Waals surface area contributed by atoms with Crippen molar-refractivity contribution in [3.8, 4) is 33.4 Å². The molecule has 3 aliphatic carbocycles. The average Bonchev–Trinajstić information content (AvgIpc) is 3.91. The van der Waals surface area contributed by atoms with E-state index in [0.717, 1.165) is 33.3 Å². The summed E-state index contributed by atoms with van der Waals surface area (Å²) in [5.41, 5.74) is 20.4. The zero-order chi connectivity index (χ0) is 35.8. The van der Waals surface area contributed by atoms with Crippen LogP contribution < -0.4 is 4.90 Å². The van der Waals surface area contributed by atoms with E-state index in [2.05, 4.69) is 195 Å². The molecule has 54 heavy (non-hydrogen) atoms. The monoisotopic (exact) mass is 689 g/mol. The lowest BCUT2D eigenvalue weighted by molar-refractivity contribution is 0.660. The minimum atomic E-state index is -0.507. The van der Waals surface area contributed by atoms with Crippen molar-refractivity contribution in [2.75, 3.05) is 4.90 Å². The van der Waals surface area contributed by atoms with Crippen LogP contribution in [0.5, 0.6) is 0 Å². The van der Waals surface area contributed by atoms with Gasteiger partial charge in [-0.1, -0.05) is 153 Å². The van der Waals surface area contributed by atoms with Gasteiger partial charge in [-0.05, 0) is 97.6 Å². The summed E-state index contributed by atoms with van der Waals surface area (Å²) in [6.45, 7) is 4.74. The van der Waals surface area contributed by atoms with Gasteiger partial charge in [0.15, 0.2) is 0 Å². The largest absolute Gasteiger partial charge is 0.456 e. The molecule has 0 N–H and O–H groups in total. The number of nitrogens with zero attached hydrogens (tertiary/aromatic N) is 1. The molecule has 0 unspecified atom stereocenters. The van der Waals surface area contributed by atoms with Crippen LogP contribution in [-0.2, 0) is 10.8 Å². The fourth-order valence-corrected chi connectivity index (χ4v) is 10.5. The van der Waals surface area contributed by atoms with Crippen LogP contribution >= 0.6 is 0 Å². The molecule has 0 radical (unpaired) electrons. The summed E-state index contributed by atoms with van der Waals surface area (Å²) in [5, 5.41) is 2.23. The standard InChI is InChI=1S/C52H35NO/c1-51(2)40-21-8-3-15-33(40)37-30-29-32(31-44(37)51)53(45-25-14-28-48-49(45)39-19-7-12-27-47(39)54-48)46-26-13-20-38-36-18-6-11-24-43(36)52(50(38)46)41-22-9-4-16-34(41)35-17-5-10-23-42(35)52/h3-31H,1-2H3. The molecule has 3 aliphatic rings. The first kappa shape index (κ1) is 29.9. The molecule has 9 aromatic rings. The van der Waals surface area contributed by atoms with Gasteiger partial charge in [0, 0.05) is 22.1 Å². The zero-order valence-electron chi connectivity index (χ0n) is 30.1. The lowest BCUT2D eigenvalue weighted by atomic mass is 9.70. The minimum absolute atomic E-state index is 0.151. The van der Waals surface area contributed by atoms with E-state index in [1.165, 1.54) is 72.4 Å². The molecule has 0 fully saturated rings. The Morgan fingerprint density at radius 2 is 0.907 bits per heavy atom. The van der Waals surface area contributed by atoms with E-state index in [4.69, 9.17) is 4.42 Å². The summed E-state index contributed by atoms with van der Waals surface area (Å²) in [7, 11) is 0. The molecule has 0 atom stereocenters. The van der Waals surface area contributed by atoms with E-state index in [1.54, 1.807) is 0 Å². The van der Waals surface area contributed by atoms with E-state index < -0.39 is 5.41 Å². The van der Waals surface area contributed by atoms with E-state index in [-0.39, 0.29) is 5.41 Å². The summed E-state index contributed by atoms with van der Waals surface area (Å²) in [4.78, 5) is 2.54. The molecule has 254 valence electrons. The number of anilines is 3. The van der Waals surface area contributed by atoms with Crippen LogP contribution in [0.25, 0.3) is 55.3 Å².